The van der Waals surface area contributed by atoms with Crippen LogP contribution in [0.1, 0.15) is 17.3 Å². The summed E-state index contributed by atoms with van der Waals surface area (Å²) >= 11 is 7.64. The summed E-state index contributed by atoms with van der Waals surface area (Å²) in [7, 11) is 1.52. The summed E-state index contributed by atoms with van der Waals surface area (Å²) < 4.78 is 10.7. The third kappa shape index (κ3) is 4.13. The summed E-state index contributed by atoms with van der Waals surface area (Å²) in [5.41, 5.74) is 0.413. The Labute approximate surface area is 110 Å². The first kappa shape index (κ1) is 14.2. The van der Waals surface area contributed by atoms with Crippen molar-refractivity contribution in [2.75, 3.05) is 25.2 Å². The molecule has 0 heterocycles. The van der Waals surface area contributed by atoms with E-state index in [-0.39, 0.29) is 0 Å². The highest BCUT2D eigenvalue weighted by molar-refractivity contribution is 7.99. The molecule has 0 aliphatic carbocycles. The van der Waals surface area contributed by atoms with Gasteiger partial charge in [-0.1, -0.05) is 18.5 Å². The summed E-state index contributed by atoms with van der Waals surface area (Å²) in [6.45, 7) is 2.63. The summed E-state index contributed by atoms with van der Waals surface area (Å²) in [5.74, 6) is 2.87. The molecule has 0 amide bonds. The average Bonchev–Trinajstić information content (AvgIpc) is 2.35. The Morgan fingerprint density at radius 1 is 1.47 bits per heavy atom. The van der Waals surface area contributed by atoms with Crippen LogP contribution in [0.2, 0.25) is 5.02 Å². The van der Waals surface area contributed by atoms with Crippen LogP contribution >= 0.6 is 23.4 Å². The van der Waals surface area contributed by atoms with E-state index in [4.69, 9.17) is 21.1 Å². The number of carbonyl (C=O) groups is 1. The zero-order chi connectivity index (χ0) is 12.7. The van der Waals surface area contributed by atoms with E-state index in [0.717, 1.165) is 17.8 Å². The van der Waals surface area contributed by atoms with Crippen LogP contribution < -0.4 is 9.47 Å². The van der Waals surface area contributed by atoms with Crippen molar-refractivity contribution in [3.63, 3.8) is 0 Å². The second-order valence-electron chi connectivity index (χ2n) is 3.19. The Kier molecular flexibility index (Phi) is 6.22. The maximum atomic E-state index is 10.9. The minimum absolute atomic E-state index is 0.413. The van der Waals surface area contributed by atoms with Gasteiger partial charge in [-0.05, 0) is 11.8 Å². The largest absolute Gasteiger partial charge is 0.493 e. The second kappa shape index (κ2) is 7.45. The van der Waals surface area contributed by atoms with Crippen LogP contribution in [0.15, 0.2) is 12.1 Å². The van der Waals surface area contributed by atoms with Crippen molar-refractivity contribution in [2.45, 2.75) is 6.92 Å². The fraction of sp³-hybridized carbons (Fsp3) is 0.417. The van der Waals surface area contributed by atoms with Gasteiger partial charge in [0.05, 0.1) is 19.3 Å². The van der Waals surface area contributed by atoms with E-state index in [9.17, 15) is 4.79 Å². The van der Waals surface area contributed by atoms with Gasteiger partial charge in [-0.15, -0.1) is 0 Å². The van der Waals surface area contributed by atoms with Crippen LogP contribution in [0.3, 0.4) is 0 Å². The molecule has 1 aromatic rings. The van der Waals surface area contributed by atoms with Gasteiger partial charge in [0.25, 0.3) is 0 Å². The maximum absolute atomic E-state index is 10.9. The summed E-state index contributed by atoms with van der Waals surface area (Å²) in [4.78, 5) is 10.9. The van der Waals surface area contributed by atoms with Gasteiger partial charge in [0.1, 0.15) is 0 Å². The number of thioether (sulfide) groups is 1. The zero-order valence-electron chi connectivity index (χ0n) is 9.86. The second-order valence-corrected chi connectivity index (χ2v) is 5.02. The number of hydrogen-bond acceptors (Lipinski definition) is 4. The molecule has 0 aromatic heterocycles. The van der Waals surface area contributed by atoms with Gasteiger partial charge in [-0.25, -0.2) is 0 Å². The Balaban J connectivity index is 2.83. The lowest BCUT2D eigenvalue weighted by Crippen LogP contribution is -2.04. The predicted octanol–water partition coefficient (Wildman–Crippen LogP) is 3.29. The number of rotatable bonds is 7. The van der Waals surface area contributed by atoms with Crippen LogP contribution in [0, 0.1) is 0 Å². The van der Waals surface area contributed by atoms with Gasteiger partial charge >= 0.3 is 0 Å². The molecule has 0 spiro atoms. The minimum atomic E-state index is 0.413. The Hall–Kier alpha value is -0.870. The summed E-state index contributed by atoms with van der Waals surface area (Å²) in [5, 5.41) is 0.458. The van der Waals surface area contributed by atoms with Gasteiger partial charge in [-0.3, -0.25) is 4.79 Å². The fourth-order valence-corrected chi connectivity index (χ4v) is 2.04. The number of carbonyl (C=O) groups excluding carboxylic acids is 1. The van der Waals surface area contributed by atoms with Crippen molar-refractivity contribution in [1.29, 1.82) is 0 Å². The predicted molar refractivity (Wildman–Crippen MR) is 71.9 cm³/mol. The maximum Gasteiger partial charge on any atom is 0.171 e. The van der Waals surface area contributed by atoms with Crippen molar-refractivity contribution >= 4 is 29.6 Å². The molecule has 0 saturated carbocycles. The molecule has 0 atom stereocenters. The first-order chi connectivity index (χ1) is 8.22. The molecule has 0 unspecified atom stereocenters. The Morgan fingerprint density at radius 3 is 2.82 bits per heavy atom. The number of ether oxygens (including phenoxy) is 2. The molecular weight excluding hydrogens is 260 g/mol. The van der Waals surface area contributed by atoms with Crippen LogP contribution in [0.25, 0.3) is 0 Å². The SMILES string of the molecule is CCSCCOc1c(C=O)cc(Cl)cc1OC. The van der Waals surface area contributed by atoms with Crippen molar-refractivity contribution in [1.82, 2.24) is 0 Å². The van der Waals surface area contributed by atoms with Crippen molar-refractivity contribution in [2.24, 2.45) is 0 Å². The van der Waals surface area contributed by atoms with Crippen molar-refractivity contribution < 1.29 is 14.3 Å². The molecule has 5 heteroatoms. The highest BCUT2D eigenvalue weighted by Crippen LogP contribution is 2.33. The number of aldehydes is 1. The molecule has 0 N–H and O–H groups in total. The fourth-order valence-electron chi connectivity index (χ4n) is 1.33. The first-order valence-electron chi connectivity index (χ1n) is 5.26. The zero-order valence-corrected chi connectivity index (χ0v) is 11.4. The molecule has 17 heavy (non-hydrogen) atoms. The molecule has 94 valence electrons. The molecule has 0 aliphatic heterocycles. The first-order valence-corrected chi connectivity index (χ1v) is 6.79. The molecule has 0 aliphatic rings. The molecule has 0 fully saturated rings. The molecule has 3 nitrogen and oxygen atoms in total. The van der Waals surface area contributed by atoms with E-state index in [1.165, 1.54) is 7.11 Å². The van der Waals surface area contributed by atoms with Gasteiger partial charge in [0.2, 0.25) is 0 Å². The molecule has 0 radical (unpaired) electrons. The van der Waals surface area contributed by atoms with E-state index in [1.807, 2.05) is 0 Å². The standard InChI is InChI=1S/C12H15ClO3S/c1-3-17-5-4-16-12-9(8-14)6-10(13)7-11(12)15-2/h6-8H,3-5H2,1-2H3. The topological polar surface area (TPSA) is 35.5 Å². The average molecular weight is 275 g/mol. The summed E-state index contributed by atoms with van der Waals surface area (Å²) in [6, 6.07) is 3.20. The lowest BCUT2D eigenvalue weighted by atomic mass is 10.2. The molecule has 1 aromatic carbocycles. The van der Waals surface area contributed by atoms with E-state index in [0.29, 0.717) is 28.7 Å². The quantitative estimate of drug-likeness (QED) is 0.565. The molecule has 1 rings (SSSR count). The summed E-state index contributed by atoms with van der Waals surface area (Å²) in [6.07, 6.45) is 0.719. The number of hydrogen-bond donors (Lipinski definition) is 0. The van der Waals surface area contributed by atoms with Crippen LogP contribution in [0.5, 0.6) is 11.5 Å². The van der Waals surface area contributed by atoms with Gasteiger partial charge in [-0.2, -0.15) is 11.8 Å². The minimum Gasteiger partial charge on any atom is -0.493 e. The normalized spacial score (nSPS) is 10.1. The van der Waals surface area contributed by atoms with Crippen LogP contribution in [-0.4, -0.2) is 31.5 Å². The highest BCUT2D eigenvalue weighted by atomic mass is 35.5. The Morgan fingerprint density at radius 2 is 2.24 bits per heavy atom. The number of benzene rings is 1. The third-order valence-electron chi connectivity index (χ3n) is 2.07. The van der Waals surface area contributed by atoms with Crippen molar-refractivity contribution in [3.8, 4) is 11.5 Å². The van der Waals surface area contributed by atoms with Crippen LogP contribution in [0.4, 0.5) is 0 Å². The highest BCUT2D eigenvalue weighted by Gasteiger charge is 2.12. The molecule has 0 bridgehead atoms. The lowest BCUT2D eigenvalue weighted by Gasteiger charge is -2.12. The van der Waals surface area contributed by atoms with Gasteiger partial charge in [0, 0.05) is 16.8 Å². The van der Waals surface area contributed by atoms with E-state index < -0.39 is 0 Å². The molecule has 0 saturated heterocycles. The van der Waals surface area contributed by atoms with Crippen LogP contribution in [-0.2, 0) is 0 Å². The van der Waals surface area contributed by atoms with E-state index in [2.05, 4.69) is 6.92 Å². The smallest absolute Gasteiger partial charge is 0.171 e. The number of methoxy groups -OCH3 is 1. The number of halogens is 1. The monoisotopic (exact) mass is 274 g/mol. The van der Waals surface area contributed by atoms with Gasteiger partial charge in [0.15, 0.2) is 17.8 Å². The molecular formula is C12H15ClO3S. The Bertz CT molecular complexity index is 382. The van der Waals surface area contributed by atoms with Crippen molar-refractivity contribution in [3.05, 3.63) is 22.7 Å². The lowest BCUT2D eigenvalue weighted by molar-refractivity contribution is 0.111. The van der Waals surface area contributed by atoms with Gasteiger partial charge < -0.3 is 9.47 Å². The third-order valence-corrected chi connectivity index (χ3v) is 3.16. The van der Waals surface area contributed by atoms with E-state index in [1.54, 1.807) is 23.9 Å². The van der Waals surface area contributed by atoms with E-state index >= 15 is 0 Å².